The Morgan fingerprint density at radius 2 is 1.77 bits per heavy atom. The van der Waals surface area contributed by atoms with Crippen LogP contribution in [0.3, 0.4) is 0 Å². The third-order valence-electron chi connectivity index (χ3n) is 3.55. The van der Waals surface area contributed by atoms with Gasteiger partial charge in [0.05, 0.1) is 6.54 Å². The Labute approximate surface area is 140 Å². The lowest BCUT2D eigenvalue weighted by molar-refractivity contribution is -0.128. The quantitative estimate of drug-likeness (QED) is 0.917. The maximum Gasteiger partial charge on any atom is 0.238 e. The van der Waals surface area contributed by atoms with Crippen LogP contribution >= 0.6 is 23.2 Å². The first-order chi connectivity index (χ1) is 10.4. The molecule has 0 unspecified atom stereocenters. The van der Waals surface area contributed by atoms with Crippen LogP contribution in [0.1, 0.15) is 13.3 Å². The van der Waals surface area contributed by atoms with Gasteiger partial charge in [-0.05, 0) is 24.6 Å². The van der Waals surface area contributed by atoms with Gasteiger partial charge in [0.15, 0.2) is 0 Å². The summed E-state index contributed by atoms with van der Waals surface area (Å²) >= 11 is 11.8. The fraction of sp³-hybridized carbons (Fsp3) is 0.467. The molecule has 1 N–H and O–H groups in total. The van der Waals surface area contributed by atoms with Gasteiger partial charge in [-0.1, -0.05) is 23.2 Å². The molecule has 2 amide bonds. The Morgan fingerprint density at radius 3 is 2.41 bits per heavy atom. The summed E-state index contributed by atoms with van der Waals surface area (Å²) in [5, 5.41) is 3.76. The normalized spacial score (nSPS) is 16.2. The van der Waals surface area contributed by atoms with Crippen molar-refractivity contribution in [3.63, 3.8) is 0 Å². The van der Waals surface area contributed by atoms with Crippen LogP contribution in [0.2, 0.25) is 10.0 Å². The molecule has 0 saturated carbocycles. The number of rotatable bonds is 3. The largest absolute Gasteiger partial charge is 0.342 e. The molecule has 0 spiro atoms. The average Bonchev–Trinajstić information content (AvgIpc) is 2.62. The van der Waals surface area contributed by atoms with E-state index < -0.39 is 0 Å². The number of carbonyl (C=O) groups is 2. The van der Waals surface area contributed by atoms with Crippen molar-refractivity contribution in [1.29, 1.82) is 0 Å². The lowest BCUT2D eigenvalue weighted by Gasteiger charge is -2.20. The molecule has 1 heterocycles. The fourth-order valence-electron chi connectivity index (χ4n) is 2.47. The van der Waals surface area contributed by atoms with Crippen LogP contribution in [0.15, 0.2) is 18.2 Å². The van der Waals surface area contributed by atoms with Gasteiger partial charge >= 0.3 is 0 Å². The van der Waals surface area contributed by atoms with Gasteiger partial charge < -0.3 is 10.2 Å². The molecule has 22 heavy (non-hydrogen) atoms. The molecule has 0 aliphatic carbocycles. The topological polar surface area (TPSA) is 52.7 Å². The molecule has 1 aliphatic rings. The zero-order valence-electron chi connectivity index (χ0n) is 12.4. The summed E-state index contributed by atoms with van der Waals surface area (Å²) in [6.45, 7) is 4.76. The zero-order chi connectivity index (χ0) is 16.1. The SMILES string of the molecule is CC(=O)N1CCCN(CC(=O)Nc2cc(Cl)cc(Cl)c2)CC1. The van der Waals surface area contributed by atoms with E-state index in [1.165, 1.54) is 0 Å². The van der Waals surface area contributed by atoms with Crippen LogP contribution in [0, 0.1) is 0 Å². The van der Waals surface area contributed by atoms with Crippen LogP contribution in [-0.4, -0.2) is 54.3 Å². The second-order valence-corrected chi connectivity index (χ2v) is 6.21. The number of halogens is 2. The smallest absolute Gasteiger partial charge is 0.238 e. The van der Waals surface area contributed by atoms with Gasteiger partial charge in [-0.25, -0.2) is 0 Å². The lowest BCUT2D eigenvalue weighted by Crippen LogP contribution is -2.37. The van der Waals surface area contributed by atoms with Crippen LogP contribution < -0.4 is 5.32 Å². The Kier molecular flexibility index (Phi) is 6.06. The molecule has 1 aliphatic heterocycles. The van der Waals surface area contributed by atoms with Gasteiger partial charge in [0, 0.05) is 48.8 Å². The third-order valence-corrected chi connectivity index (χ3v) is 3.98. The molecule has 5 nitrogen and oxygen atoms in total. The van der Waals surface area contributed by atoms with E-state index in [1.54, 1.807) is 25.1 Å². The third kappa shape index (κ3) is 5.16. The Hall–Kier alpha value is -1.30. The first-order valence-electron chi connectivity index (χ1n) is 7.18. The number of benzene rings is 1. The summed E-state index contributed by atoms with van der Waals surface area (Å²) in [6, 6.07) is 4.93. The molecule has 1 aromatic carbocycles. The first-order valence-corrected chi connectivity index (χ1v) is 7.93. The van der Waals surface area contributed by atoms with Gasteiger partial charge in [-0.3, -0.25) is 14.5 Å². The molecular weight excluding hydrogens is 325 g/mol. The highest BCUT2D eigenvalue weighted by Gasteiger charge is 2.18. The first kappa shape index (κ1) is 17.1. The van der Waals surface area contributed by atoms with Gasteiger partial charge in [-0.15, -0.1) is 0 Å². The van der Waals surface area contributed by atoms with Crippen molar-refractivity contribution in [3.05, 3.63) is 28.2 Å². The molecule has 1 fully saturated rings. The molecular formula is C15H19Cl2N3O2. The van der Waals surface area contributed by atoms with Crippen molar-refractivity contribution in [1.82, 2.24) is 9.80 Å². The van der Waals surface area contributed by atoms with Crippen molar-refractivity contribution in [2.45, 2.75) is 13.3 Å². The van der Waals surface area contributed by atoms with Crippen molar-refractivity contribution in [2.75, 3.05) is 38.0 Å². The van der Waals surface area contributed by atoms with Gasteiger partial charge in [0.1, 0.15) is 0 Å². The standard InChI is InChI=1S/C15H19Cl2N3O2/c1-11(21)20-4-2-3-19(5-6-20)10-15(22)18-14-8-12(16)7-13(17)9-14/h7-9H,2-6,10H2,1H3,(H,18,22). The Bertz CT molecular complexity index is 545. The van der Waals surface area contributed by atoms with E-state index in [0.29, 0.717) is 28.8 Å². The summed E-state index contributed by atoms with van der Waals surface area (Å²) in [6.07, 6.45) is 0.871. The summed E-state index contributed by atoms with van der Waals surface area (Å²) in [5.41, 5.74) is 0.586. The van der Waals surface area contributed by atoms with Gasteiger partial charge in [0.2, 0.25) is 11.8 Å². The van der Waals surface area contributed by atoms with Crippen LogP contribution in [0.25, 0.3) is 0 Å². The van der Waals surface area contributed by atoms with E-state index in [4.69, 9.17) is 23.2 Å². The van der Waals surface area contributed by atoms with E-state index >= 15 is 0 Å². The number of anilines is 1. The average molecular weight is 344 g/mol. The molecule has 1 saturated heterocycles. The molecule has 0 aromatic heterocycles. The summed E-state index contributed by atoms with van der Waals surface area (Å²) in [7, 11) is 0. The summed E-state index contributed by atoms with van der Waals surface area (Å²) < 4.78 is 0. The summed E-state index contributed by atoms with van der Waals surface area (Å²) in [4.78, 5) is 27.4. The number of hydrogen-bond acceptors (Lipinski definition) is 3. The summed E-state index contributed by atoms with van der Waals surface area (Å²) in [5.74, 6) is -0.0329. The van der Waals surface area contributed by atoms with E-state index in [9.17, 15) is 9.59 Å². The highest BCUT2D eigenvalue weighted by molar-refractivity contribution is 6.35. The predicted molar refractivity (Wildman–Crippen MR) is 88.4 cm³/mol. The van der Waals surface area contributed by atoms with Crippen molar-refractivity contribution in [3.8, 4) is 0 Å². The molecule has 2 rings (SSSR count). The number of hydrogen-bond donors (Lipinski definition) is 1. The maximum atomic E-state index is 12.1. The molecule has 0 bridgehead atoms. The minimum Gasteiger partial charge on any atom is -0.342 e. The fourth-order valence-corrected chi connectivity index (χ4v) is 3.00. The maximum absolute atomic E-state index is 12.1. The number of nitrogens with zero attached hydrogens (tertiary/aromatic N) is 2. The lowest BCUT2D eigenvalue weighted by atomic mass is 10.3. The van der Waals surface area contributed by atoms with Crippen molar-refractivity contribution >= 4 is 40.7 Å². The molecule has 7 heteroatoms. The second-order valence-electron chi connectivity index (χ2n) is 5.34. The van der Waals surface area contributed by atoms with E-state index in [-0.39, 0.29) is 18.4 Å². The Morgan fingerprint density at radius 1 is 1.09 bits per heavy atom. The van der Waals surface area contributed by atoms with Gasteiger partial charge in [0.25, 0.3) is 0 Å². The van der Waals surface area contributed by atoms with E-state index in [2.05, 4.69) is 5.32 Å². The van der Waals surface area contributed by atoms with Crippen molar-refractivity contribution < 1.29 is 9.59 Å². The molecule has 1 aromatic rings. The van der Waals surface area contributed by atoms with E-state index in [1.807, 2.05) is 9.80 Å². The highest BCUT2D eigenvalue weighted by Crippen LogP contribution is 2.22. The predicted octanol–water partition coefficient (Wildman–Crippen LogP) is 2.49. The van der Waals surface area contributed by atoms with Crippen LogP contribution in [-0.2, 0) is 9.59 Å². The van der Waals surface area contributed by atoms with Crippen LogP contribution in [0.4, 0.5) is 5.69 Å². The zero-order valence-corrected chi connectivity index (χ0v) is 14.0. The van der Waals surface area contributed by atoms with E-state index in [0.717, 1.165) is 19.5 Å². The molecule has 0 atom stereocenters. The second kappa shape index (κ2) is 7.81. The minimum absolute atomic E-state index is 0.0832. The van der Waals surface area contributed by atoms with Crippen molar-refractivity contribution in [2.24, 2.45) is 0 Å². The van der Waals surface area contributed by atoms with Gasteiger partial charge in [-0.2, -0.15) is 0 Å². The number of nitrogens with one attached hydrogen (secondary N) is 1. The number of amides is 2. The minimum atomic E-state index is -0.116. The molecule has 120 valence electrons. The molecule has 0 radical (unpaired) electrons. The highest BCUT2D eigenvalue weighted by atomic mass is 35.5. The Balaban J connectivity index is 1.87. The monoisotopic (exact) mass is 343 g/mol. The van der Waals surface area contributed by atoms with Crippen LogP contribution in [0.5, 0.6) is 0 Å². The number of carbonyl (C=O) groups excluding carboxylic acids is 2.